The predicted octanol–water partition coefficient (Wildman–Crippen LogP) is 3.10. The molecular formula is C17H18N2S. The molecule has 2 aromatic rings. The van der Waals surface area contributed by atoms with E-state index in [1.54, 1.807) is 0 Å². The average molecular weight is 282 g/mol. The van der Waals surface area contributed by atoms with E-state index in [1.807, 2.05) is 12.1 Å². The van der Waals surface area contributed by atoms with Gasteiger partial charge >= 0.3 is 0 Å². The fraction of sp³-hybridized carbons (Fsp3) is 0.235. The number of nitrogens with zero attached hydrogens (tertiary/aromatic N) is 1. The Balaban J connectivity index is 1.73. The van der Waals surface area contributed by atoms with Crippen LogP contribution in [0.2, 0.25) is 0 Å². The first-order chi connectivity index (χ1) is 9.65. The Morgan fingerprint density at radius 2 is 2.05 bits per heavy atom. The molecule has 0 aromatic heterocycles. The van der Waals surface area contributed by atoms with Gasteiger partial charge in [0.25, 0.3) is 0 Å². The molecule has 0 aliphatic heterocycles. The quantitative estimate of drug-likeness (QED) is 0.874. The molecule has 2 aromatic carbocycles. The topological polar surface area (TPSA) is 29.3 Å². The van der Waals surface area contributed by atoms with Crippen LogP contribution in [0.3, 0.4) is 0 Å². The van der Waals surface area contributed by atoms with E-state index >= 15 is 0 Å². The van der Waals surface area contributed by atoms with E-state index in [-0.39, 0.29) is 0 Å². The van der Waals surface area contributed by atoms with Crippen LogP contribution < -0.4 is 10.6 Å². The molecule has 0 spiro atoms. The molecule has 0 fully saturated rings. The van der Waals surface area contributed by atoms with Crippen molar-refractivity contribution in [2.75, 3.05) is 18.5 Å². The molecule has 1 unspecified atom stereocenters. The summed E-state index contributed by atoms with van der Waals surface area (Å²) in [6.45, 7) is 1.03. The van der Waals surface area contributed by atoms with E-state index in [0.717, 1.165) is 12.1 Å². The summed E-state index contributed by atoms with van der Waals surface area (Å²) in [7, 11) is 2.12. The number of nitrogens with two attached hydrogens (primary N) is 1. The first-order valence-electron chi connectivity index (χ1n) is 6.84. The highest BCUT2D eigenvalue weighted by Crippen LogP contribution is 2.35. The Morgan fingerprint density at radius 3 is 2.80 bits per heavy atom. The number of hydrogen-bond donors (Lipinski definition) is 1. The van der Waals surface area contributed by atoms with Gasteiger partial charge in [-0.2, -0.15) is 0 Å². The third-order valence-corrected chi connectivity index (χ3v) is 4.26. The molecule has 0 heterocycles. The third kappa shape index (κ3) is 2.41. The average Bonchev–Trinajstić information content (AvgIpc) is 2.44. The van der Waals surface area contributed by atoms with Gasteiger partial charge in [-0.05, 0) is 29.7 Å². The van der Waals surface area contributed by atoms with E-state index in [9.17, 15) is 0 Å². The number of fused-ring (bicyclic) bond motifs is 1. The molecule has 1 aliphatic rings. The highest BCUT2D eigenvalue weighted by Gasteiger charge is 2.26. The van der Waals surface area contributed by atoms with Crippen LogP contribution >= 0.6 is 12.2 Å². The lowest BCUT2D eigenvalue weighted by Gasteiger charge is -2.34. The van der Waals surface area contributed by atoms with E-state index in [1.165, 1.54) is 23.2 Å². The lowest BCUT2D eigenvalue weighted by molar-refractivity contribution is 0.601. The second-order valence-electron chi connectivity index (χ2n) is 5.39. The molecule has 20 heavy (non-hydrogen) atoms. The van der Waals surface area contributed by atoms with Crippen molar-refractivity contribution in [3.05, 3.63) is 65.2 Å². The van der Waals surface area contributed by atoms with Crippen molar-refractivity contribution in [3.63, 3.8) is 0 Å². The van der Waals surface area contributed by atoms with Crippen molar-refractivity contribution in [1.82, 2.24) is 0 Å². The maximum Gasteiger partial charge on any atom is 0.104 e. The van der Waals surface area contributed by atoms with Gasteiger partial charge in [0.05, 0.1) is 0 Å². The molecule has 2 nitrogen and oxygen atoms in total. The third-order valence-electron chi connectivity index (χ3n) is 4.03. The Bertz CT molecular complexity index is 651. The first-order valence-corrected chi connectivity index (χ1v) is 7.25. The number of likely N-dealkylation sites (N-methyl/N-ethyl adjacent to an activating group) is 1. The molecule has 0 radical (unpaired) electrons. The van der Waals surface area contributed by atoms with E-state index in [4.69, 9.17) is 18.0 Å². The first kappa shape index (κ1) is 13.1. The van der Waals surface area contributed by atoms with Crippen LogP contribution in [0.5, 0.6) is 0 Å². The van der Waals surface area contributed by atoms with Crippen molar-refractivity contribution in [1.29, 1.82) is 0 Å². The Hall–Kier alpha value is -1.87. The Morgan fingerprint density at radius 1 is 1.25 bits per heavy atom. The highest BCUT2D eigenvalue weighted by molar-refractivity contribution is 7.80. The summed E-state index contributed by atoms with van der Waals surface area (Å²) in [5, 5.41) is 0. The summed E-state index contributed by atoms with van der Waals surface area (Å²) in [6.07, 6.45) is 1.18. The van der Waals surface area contributed by atoms with E-state index in [2.05, 4.69) is 48.3 Å². The molecule has 1 aliphatic carbocycles. The normalized spacial score (nSPS) is 16.1. The van der Waals surface area contributed by atoms with Gasteiger partial charge in [0.15, 0.2) is 0 Å². The van der Waals surface area contributed by atoms with Crippen LogP contribution in [-0.2, 0) is 6.42 Å². The fourth-order valence-corrected chi connectivity index (χ4v) is 2.99. The lowest BCUT2D eigenvalue weighted by atomic mass is 9.77. The second-order valence-corrected chi connectivity index (χ2v) is 5.83. The number of hydrogen-bond acceptors (Lipinski definition) is 2. The summed E-state index contributed by atoms with van der Waals surface area (Å²) in [4.78, 5) is 2.73. The van der Waals surface area contributed by atoms with Gasteiger partial charge in [0.1, 0.15) is 4.99 Å². The summed E-state index contributed by atoms with van der Waals surface area (Å²) < 4.78 is 0. The van der Waals surface area contributed by atoms with Crippen LogP contribution in [-0.4, -0.2) is 18.6 Å². The van der Waals surface area contributed by atoms with Crippen LogP contribution in [0, 0.1) is 0 Å². The van der Waals surface area contributed by atoms with E-state index < -0.39 is 0 Å². The minimum absolute atomic E-state index is 0.453. The molecule has 3 heteroatoms. The van der Waals surface area contributed by atoms with Crippen molar-refractivity contribution in [3.8, 4) is 0 Å². The maximum atomic E-state index is 5.70. The van der Waals surface area contributed by atoms with E-state index in [0.29, 0.717) is 10.9 Å². The summed E-state index contributed by atoms with van der Waals surface area (Å²) in [5.74, 6) is 0.629. The zero-order valence-corrected chi connectivity index (χ0v) is 12.4. The van der Waals surface area contributed by atoms with Crippen LogP contribution in [0.25, 0.3) is 0 Å². The van der Waals surface area contributed by atoms with Crippen LogP contribution in [0.1, 0.15) is 22.6 Å². The Kier molecular flexibility index (Phi) is 3.45. The van der Waals surface area contributed by atoms with Crippen molar-refractivity contribution in [2.45, 2.75) is 12.3 Å². The lowest BCUT2D eigenvalue weighted by Crippen LogP contribution is -2.30. The van der Waals surface area contributed by atoms with Gasteiger partial charge in [-0.25, -0.2) is 0 Å². The molecule has 3 rings (SSSR count). The van der Waals surface area contributed by atoms with Crippen molar-refractivity contribution >= 4 is 22.9 Å². The van der Waals surface area contributed by atoms with Crippen LogP contribution in [0.15, 0.2) is 48.5 Å². The standard InChI is InChI=1S/C17H18N2S/c1-19(15-7-4-6-13(10-15)17(18)20)11-14-9-12-5-2-3-8-16(12)14/h2-8,10,14H,9,11H2,1H3,(H2,18,20). The molecule has 0 saturated carbocycles. The van der Waals surface area contributed by atoms with Crippen molar-refractivity contribution < 1.29 is 0 Å². The summed E-state index contributed by atoms with van der Waals surface area (Å²) >= 11 is 5.04. The van der Waals surface area contributed by atoms with Gasteiger partial charge in [-0.15, -0.1) is 0 Å². The predicted molar refractivity (Wildman–Crippen MR) is 88.5 cm³/mol. The summed E-state index contributed by atoms with van der Waals surface area (Å²) in [6, 6.07) is 16.8. The van der Waals surface area contributed by atoms with Gasteiger partial charge in [-0.1, -0.05) is 48.6 Å². The zero-order chi connectivity index (χ0) is 14.1. The van der Waals surface area contributed by atoms with Gasteiger partial charge < -0.3 is 10.6 Å². The van der Waals surface area contributed by atoms with Crippen molar-refractivity contribution in [2.24, 2.45) is 5.73 Å². The molecule has 0 saturated heterocycles. The minimum Gasteiger partial charge on any atom is -0.389 e. The molecular weight excluding hydrogens is 264 g/mol. The molecule has 2 N–H and O–H groups in total. The molecule has 102 valence electrons. The minimum atomic E-state index is 0.453. The molecule has 0 amide bonds. The molecule has 1 atom stereocenters. The Labute approximate surface area is 125 Å². The largest absolute Gasteiger partial charge is 0.389 e. The number of rotatable bonds is 4. The fourth-order valence-electron chi connectivity index (χ4n) is 2.86. The highest BCUT2D eigenvalue weighted by atomic mass is 32.1. The maximum absolute atomic E-state index is 5.70. The van der Waals surface area contributed by atoms with Gasteiger partial charge in [0.2, 0.25) is 0 Å². The number of thiocarbonyl (C=S) groups is 1. The second kappa shape index (κ2) is 5.25. The zero-order valence-electron chi connectivity index (χ0n) is 11.5. The number of benzene rings is 2. The SMILES string of the molecule is CN(CC1Cc2ccccc21)c1cccc(C(N)=S)c1. The molecule has 0 bridgehead atoms. The monoisotopic (exact) mass is 282 g/mol. The van der Waals surface area contributed by atoms with Gasteiger partial charge in [0, 0.05) is 30.8 Å². The number of anilines is 1. The van der Waals surface area contributed by atoms with Crippen LogP contribution in [0.4, 0.5) is 5.69 Å². The van der Waals surface area contributed by atoms with Gasteiger partial charge in [-0.3, -0.25) is 0 Å². The summed E-state index contributed by atoms with van der Waals surface area (Å²) in [5.41, 5.74) is 10.8. The smallest absolute Gasteiger partial charge is 0.104 e.